The van der Waals surface area contributed by atoms with E-state index in [4.69, 9.17) is 11.6 Å². The van der Waals surface area contributed by atoms with E-state index in [-0.39, 0.29) is 29.8 Å². The van der Waals surface area contributed by atoms with Gasteiger partial charge in [0.05, 0.1) is 29.4 Å². The molecule has 0 saturated carbocycles. The second-order valence-electron chi connectivity index (χ2n) is 9.14. The highest BCUT2D eigenvalue weighted by Gasteiger charge is 2.33. The van der Waals surface area contributed by atoms with E-state index in [0.29, 0.717) is 17.1 Å². The van der Waals surface area contributed by atoms with Gasteiger partial charge in [0, 0.05) is 41.9 Å². The van der Waals surface area contributed by atoms with Crippen molar-refractivity contribution in [3.8, 4) is 0 Å². The molecule has 5 rings (SSSR count). The van der Waals surface area contributed by atoms with E-state index in [1.54, 1.807) is 18.5 Å². The number of fused-ring (bicyclic) bond motifs is 1. The number of halogens is 2. The van der Waals surface area contributed by atoms with E-state index in [0.717, 1.165) is 49.2 Å². The Bertz CT molecular complexity index is 1170. The molecule has 1 N–H and O–H groups in total. The molecular weight excluding hydrogens is 441 g/mol. The molecule has 0 radical (unpaired) electrons. The molecule has 3 aromatic rings. The van der Waals surface area contributed by atoms with Gasteiger partial charge in [-0.15, -0.1) is 0 Å². The minimum Gasteiger partial charge on any atom is -0.368 e. The van der Waals surface area contributed by atoms with Crippen molar-refractivity contribution in [1.29, 1.82) is 0 Å². The Morgan fingerprint density at radius 2 is 2.09 bits per heavy atom. The van der Waals surface area contributed by atoms with Crippen LogP contribution in [0.1, 0.15) is 38.3 Å². The van der Waals surface area contributed by atoms with E-state index < -0.39 is 0 Å². The van der Waals surface area contributed by atoms with E-state index in [1.807, 2.05) is 22.5 Å². The average Bonchev–Trinajstić information content (AvgIpc) is 3.48. The minimum absolute atomic E-state index is 0.0283. The molecule has 0 aliphatic carbocycles. The number of anilines is 1. The van der Waals surface area contributed by atoms with Crippen LogP contribution in [0.3, 0.4) is 0 Å². The van der Waals surface area contributed by atoms with E-state index in [9.17, 15) is 9.18 Å². The number of rotatable bonds is 4. The minimum atomic E-state index is -0.320. The summed E-state index contributed by atoms with van der Waals surface area (Å²) in [5.41, 5.74) is 3.49. The smallest absolute Gasteiger partial charge is 0.240 e. The van der Waals surface area contributed by atoms with Gasteiger partial charge < -0.3 is 19.7 Å². The lowest BCUT2D eigenvalue weighted by Crippen LogP contribution is -2.57. The number of amides is 1. The number of imidazole rings is 1. The standard InChI is InChI=1S/C25H29ClFN5O/c1-16-14-30(10-11-31(16)25(33)23-4-3-9-28-23)19-6-8-22-24(13-19)32(15-29-22)17(2)20-7-5-18(26)12-21(20)27/h5-8,12-13,15-17,23,28H,3-4,9-11,14H2,1-2H3/t16?,17?,23-/m1/s1. The molecule has 1 amide bonds. The first kappa shape index (κ1) is 22.2. The third kappa shape index (κ3) is 4.20. The lowest BCUT2D eigenvalue weighted by atomic mass is 10.1. The first-order chi connectivity index (χ1) is 15.9. The molecule has 2 aliphatic heterocycles. The zero-order chi connectivity index (χ0) is 23.1. The van der Waals surface area contributed by atoms with Gasteiger partial charge in [0.1, 0.15) is 5.82 Å². The van der Waals surface area contributed by atoms with E-state index in [2.05, 4.69) is 34.3 Å². The summed E-state index contributed by atoms with van der Waals surface area (Å²) in [5.74, 6) is -0.0913. The molecule has 2 aliphatic rings. The molecular formula is C25H29ClFN5O. The number of carbonyl (C=O) groups is 1. The molecule has 33 heavy (non-hydrogen) atoms. The van der Waals surface area contributed by atoms with Crippen LogP contribution in [0.15, 0.2) is 42.7 Å². The molecule has 2 aromatic carbocycles. The number of nitrogens with one attached hydrogen (secondary N) is 1. The Balaban J connectivity index is 1.37. The van der Waals surface area contributed by atoms with Crippen LogP contribution in [-0.2, 0) is 4.79 Å². The summed E-state index contributed by atoms with van der Waals surface area (Å²) in [5, 5.41) is 3.71. The van der Waals surface area contributed by atoms with Crippen LogP contribution < -0.4 is 10.2 Å². The van der Waals surface area contributed by atoms with Gasteiger partial charge in [-0.05, 0) is 63.6 Å². The third-order valence-corrected chi connectivity index (χ3v) is 7.26. The fraction of sp³-hybridized carbons (Fsp3) is 0.440. The van der Waals surface area contributed by atoms with Crippen LogP contribution in [-0.4, -0.2) is 58.6 Å². The summed E-state index contributed by atoms with van der Waals surface area (Å²) >= 11 is 5.93. The van der Waals surface area contributed by atoms with Crippen molar-refractivity contribution in [2.45, 2.75) is 44.8 Å². The normalized spacial score (nSPS) is 22.2. The van der Waals surface area contributed by atoms with E-state index in [1.165, 1.54) is 6.07 Å². The predicted molar refractivity (Wildman–Crippen MR) is 129 cm³/mol. The van der Waals surface area contributed by atoms with Crippen LogP contribution in [0.5, 0.6) is 0 Å². The lowest BCUT2D eigenvalue weighted by molar-refractivity contribution is -0.135. The molecule has 3 atom stereocenters. The second-order valence-corrected chi connectivity index (χ2v) is 9.58. The number of hydrogen-bond donors (Lipinski definition) is 1. The summed E-state index contributed by atoms with van der Waals surface area (Å²) in [6.45, 7) is 7.28. The Labute approximate surface area is 198 Å². The highest BCUT2D eigenvalue weighted by Crippen LogP contribution is 2.30. The quantitative estimate of drug-likeness (QED) is 0.621. The lowest BCUT2D eigenvalue weighted by Gasteiger charge is -2.42. The van der Waals surface area contributed by atoms with Crippen molar-refractivity contribution in [3.63, 3.8) is 0 Å². The Morgan fingerprint density at radius 3 is 2.82 bits per heavy atom. The maximum Gasteiger partial charge on any atom is 0.240 e. The van der Waals surface area contributed by atoms with Gasteiger partial charge in [0.2, 0.25) is 5.91 Å². The zero-order valence-corrected chi connectivity index (χ0v) is 19.7. The van der Waals surface area contributed by atoms with Crippen LogP contribution in [0.4, 0.5) is 10.1 Å². The zero-order valence-electron chi connectivity index (χ0n) is 19.0. The van der Waals surface area contributed by atoms with Gasteiger partial charge in [-0.1, -0.05) is 17.7 Å². The Kier molecular flexibility index (Phi) is 6.01. The van der Waals surface area contributed by atoms with Gasteiger partial charge >= 0.3 is 0 Å². The predicted octanol–water partition coefficient (Wildman–Crippen LogP) is 4.23. The first-order valence-electron chi connectivity index (χ1n) is 11.6. The molecule has 0 bridgehead atoms. The molecule has 0 spiro atoms. The summed E-state index contributed by atoms with van der Waals surface area (Å²) < 4.78 is 16.6. The number of aromatic nitrogens is 2. The van der Waals surface area contributed by atoms with Gasteiger partial charge in [0.15, 0.2) is 0 Å². The molecule has 174 valence electrons. The maximum absolute atomic E-state index is 14.6. The van der Waals surface area contributed by atoms with Gasteiger partial charge in [0.25, 0.3) is 0 Å². The second kappa shape index (κ2) is 8.95. The summed E-state index contributed by atoms with van der Waals surface area (Å²) in [7, 11) is 0. The first-order valence-corrected chi connectivity index (χ1v) is 12.0. The van der Waals surface area contributed by atoms with Gasteiger partial charge in [-0.2, -0.15) is 0 Å². The van der Waals surface area contributed by atoms with Crippen LogP contribution in [0.25, 0.3) is 11.0 Å². The largest absolute Gasteiger partial charge is 0.368 e. The topological polar surface area (TPSA) is 53.4 Å². The van der Waals surface area contributed by atoms with Gasteiger partial charge in [-0.25, -0.2) is 9.37 Å². The molecule has 2 fully saturated rings. The maximum atomic E-state index is 14.6. The fourth-order valence-corrected chi connectivity index (χ4v) is 5.28. The monoisotopic (exact) mass is 469 g/mol. The molecule has 6 nitrogen and oxygen atoms in total. The highest BCUT2D eigenvalue weighted by molar-refractivity contribution is 6.30. The number of carbonyl (C=O) groups excluding carboxylic acids is 1. The van der Waals surface area contributed by atoms with Crippen molar-refractivity contribution in [2.75, 3.05) is 31.1 Å². The number of benzene rings is 2. The SMILES string of the molecule is CC1CN(c2ccc3ncn(C(C)c4ccc(Cl)cc4F)c3c2)CCN1C(=O)[C@H]1CCCN1. The van der Waals surface area contributed by atoms with Crippen molar-refractivity contribution < 1.29 is 9.18 Å². The third-order valence-electron chi connectivity index (χ3n) is 7.02. The van der Waals surface area contributed by atoms with Crippen molar-refractivity contribution in [3.05, 3.63) is 59.1 Å². The molecule has 2 saturated heterocycles. The fourth-order valence-electron chi connectivity index (χ4n) is 5.12. The Morgan fingerprint density at radius 1 is 1.24 bits per heavy atom. The van der Waals surface area contributed by atoms with Crippen LogP contribution in [0, 0.1) is 5.82 Å². The summed E-state index contributed by atoms with van der Waals surface area (Å²) in [4.78, 5) is 21.8. The molecule has 3 heterocycles. The number of piperazine rings is 1. The highest BCUT2D eigenvalue weighted by atomic mass is 35.5. The van der Waals surface area contributed by atoms with E-state index >= 15 is 0 Å². The molecule has 8 heteroatoms. The van der Waals surface area contributed by atoms with Crippen LogP contribution >= 0.6 is 11.6 Å². The number of hydrogen-bond acceptors (Lipinski definition) is 4. The molecule has 1 aromatic heterocycles. The van der Waals surface area contributed by atoms with Crippen LogP contribution in [0.2, 0.25) is 5.02 Å². The summed E-state index contributed by atoms with van der Waals surface area (Å²) in [6.07, 6.45) is 3.76. The number of nitrogens with zero attached hydrogens (tertiary/aromatic N) is 4. The Hall–Kier alpha value is -2.64. The van der Waals surface area contributed by atoms with Gasteiger partial charge in [-0.3, -0.25) is 4.79 Å². The van der Waals surface area contributed by atoms with Crippen molar-refractivity contribution >= 4 is 34.2 Å². The molecule has 2 unspecified atom stereocenters. The summed E-state index contributed by atoms with van der Waals surface area (Å²) in [6, 6.07) is 10.9. The van der Waals surface area contributed by atoms with Crippen molar-refractivity contribution in [2.24, 2.45) is 0 Å². The van der Waals surface area contributed by atoms with Crippen molar-refractivity contribution in [1.82, 2.24) is 19.8 Å². The average molecular weight is 470 g/mol.